The predicted octanol–water partition coefficient (Wildman–Crippen LogP) is 1.96. The van der Waals surface area contributed by atoms with Crippen LogP contribution in [0.3, 0.4) is 0 Å². The van der Waals surface area contributed by atoms with Crippen molar-refractivity contribution in [2.45, 2.75) is 0 Å². The van der Waals surface area contributed by atoms with Crippen molar-refractivity contribution in [2.75, 3.05) is 5.73 Å². The van der Waals surface area contributed by atoms with Crippen LogP contribution in [-0.4, -0.2) is 31.5 Å². The first-order valence-electron chi connectivity index (χ1n) is 6.17. The maximum absolute atomic E-state index is 10.9. The zero-order chi connectivity index (χ0) is 16.4. The first kappa shape index (κ1) is 14.7. The smallest absolute Gasteiger partial charge is 0.288 e. The Morgan fingerprint density at radius 2 is 2.22 bits per heavy atom. The van der Waals surface area contributed by atoms with Gasteiger partial charge in [-0.3, -0.25) is 10.1 Å². The summed E-state index contributed by atoms with van der Waals surface area (Å²) in [5.41, 5.74) is 5.79. The summed E-state index contributed by atoms with van der Waals surface area (Å²) < 4.78 is 5.54. The van der Waals surface area contributed by atoms with Gasteiger partial charge in [0.15, 0.2) is 0 Å². The van der Waals surface area contributed by atoms with Gasteiger partial charge in [-0.25, -0.2) is 0 Å². The van der Waals surface area contributed by atoms with E-state index in [2.05, 4.69) is 20.6 Å². The average molecular weight is 334 g/mol. The van der Waals surface area contributed by atoms with Crippen molar-refractivity contribution < 1.29 is 9.34 Å². The lowest BCUT2D eigenvalue weighted by Gasteiger charge is -1.99. The largest absolute Gasteiger partial charge is 0.455 e. The van der Waals surface area contributed by atoms with Gasteiger partial charge in [0.2, 0.25) is 0 Å². The molecule has 0 aliphatic rings. The molecule has 3 aromatic rings. The highest BCUT2D eigenvalue weighted by atomic mass is 35.5. The molecule has 10 nitrogen and oxygen atoms in total. The molecule has 0 spiro atoms. The second kappa shape index (κ2) is 5.85. The fourth-order valence-corrected chi connectivity index (χ4v) is 1.95. The third-order valence-corrected chi connectivity index (χ3v) is 3.14. The standard InChI is InChI=1S/C12H8ClN7O3/c13-9-3-1-7(5-10(9)20(21)22)11-4-2-8(23-11)6-15-19-12(14)16-17-18-19/h1-6H,(H2,14,16,18). The monoisotopic (exact) mass is 333 g/mol. The van der Waals surface area contributed by atoms with Crippen molar-refractivity contribution in [3.8, 4) is 11.3 Å². The number of nitrogen functional groups attached to an aromatic ring is 1. The van der Waals surface area contributed by atoms with E-state index in [0.717, 1.165) is 4.79 Å². The van der Waals surface area contributed by atoms with E-state index in [4.69, 9.17) is 21.8 Å². The van der Waals surface area contributed by atoms with Crippen molar-refractivity contribution >= 4 is 29.5 Å². The number of hydrogen-bond acceptors (Lipinski definition) is 8. The lowest BCUT2D eigenvalue weighted by molar-refractivity contribution is -0.384. The molecule has 23 heavy (non-hydrogen) atoms. The minimum Gasteiger partial charge on any atom is -0.455 e. The number of hydrogen-bond donors (Lipinski definition) is 1. The third-order valence-electron chi connectivity index (χ3n) is 2.83. The Kier molecular flexibility index (Phi) is 3.73. The van der Waals surface area contributed by atoms with Crippen molar-refractivity contribution in [3.05, 3.63) is 51.2 Å². The molecule has 2 N–H and O–H groups in total. The molecule has 2 heterocycles. The average Bonchev–Trinajstić information content (AvgIpc) is 3.14. The van der Waals surface area contributed by atoms with Gasteiger partial charge in [0.1, 0.15) is 16.5 Å². The molecule has 0 fully saturated rings. The number of benzene rings is 1. The number of rotatable bonds is 4. The van der Waals surface area contributed by atoms with Crippen LogP contribution in [0.5, 0.6) is 0 Å². The van der Waals surface area contributed by atoms with E-state index < -0.39 is 4.92 Å². The van der Waals surface area contributed by atoms with Crippen molar-refractivity contribution in [2.24, 2.45) is 5.10 Å². The minimum atomic E-state index is -0.558. The second-order valence-electron chi connectivity index (χ2n) is 4.30. The first-order chi connectivity index (χ1) is 11.0. The van der Waals surface area contributed by atoms with Crippen molar-refractivity contribution in [1.29, 1.82) is 0 Å². The molecule has 116 valence electrons. The zero-order valence-corrected chi connectivity index (χ0v) is 12.1. The van der Waals surface area contributed by atoms with Gasteiger partial charge in [0, 0.05) is 11.6 Å². The van der Waals surface area contributed by atoms with Gasteiger partial charge < -0.3 is 10.2 Å². The van der Waals surface area contributed by atoms with Crippen LogP contribution < -0.4 is 5.73 Å². The third kappa shape index (κ3) is 3.01. The predicted molar refractivity (Wildman–Crippen MR) is 81.0 cm³/mol. The van der Waals surface area contributed by atoms with E-state index >= 15 is 0 Å². The van der Waals surface area contributed by atoms with E-state index in [1.165, 1.54) is 18.3 Å². The van der Waals surface area contributed by atoms with Crippen LogP contribution in [0.4, 0.5) is 11.6 Å². The molecule has 0 saturated heterocycles. The molecular weight excluding hydrogens is 326 g/mol. The second-order valence-corrected chi connectivity index (χ2v) is 4.70. The number of furan rings is 1. The molecular formula is C12H8ClN7O3. The maximum atomic E-state index is 10.9. The molecule has 2 aromatic heterocycles. The Morgan fingerprint density at radius 1 is 1.39 bits per heavy atom. The van der Waals surface area contributed by atoms with E-state index in [9.17, 15) is 10.1 Å². The molecule has 0 amide bonds. The van der Waals surface area contributed by atoms with Gasteiger partial charge in [-0.2, -0.15) is 5.10 Å². The van der Waals surface area contributed by atoms with Gasteiger partial charge in [-0.05, 0) is 34.7 Å². The molecule has 1 aromatic carbocycles. The highest BCUT2D eigenvalue weighted by Crippen LogP contribution is 2.30. The normalized spacial score (nSPS) is 11.2. The highest BCUT2D eigenvalue weighted by molar-refractivity contribution is 6.32. The van der Waals surface area contributed by atoms with E-state index in [0.29, 0.717) is 17.1 Å². The molecule has 0 saturated carbocycles. The maximum Gasteiger partial charge on any atom is 0.288 e. The van der Waals surface area contributed by atoms with Gasteiger partial charge in [-0.15, -0.1) is 0 Å². The summed E-state index contributed by atoms with van der Waals surface area (Å²) in [7, 11) is 0. The summed E-state index contributed by atoms with van der Waals surface area (Å²) in [6.45, 7) is 0. The van der Waals surface area contributed by atoms with Crippen LogP contribution in [0.1, 0.15) is 5.76 Å². The van der Waals surface area contributed by atoms with Gasteiger partial charge in [0.05, 0.1) is 11.1 Å². The molecule has 11 heteroatoms. The lowest BCUT2D eigenvalue weighted by Crippen LogP contribution is -1.99. The topological polar surface area (TPSA) is 138 Å². The number of tetrazole rings is 1. The van der Waals surface area contributed by atoms with Gasteiger partial charge in [-0.1, -0.05) is 21.5 Å². The van der Waals surface area contributed by atoms with E-state index in [-0.39, 0.29) is 16.7 Å². The number of aromatic nitrogens is 4. The summed E-state index contributed by atoms with van der Waals surface area (Å²) >= 11 is 5.78. The zero-order valence-electron chi connectivity index (χ0n) is 11.3. The van der Waals surface area contributed by atoms with E-state index in [1.54, 1.807) is 18.2 Å². The van der Waals surface area contributed by atoms with Gasteiger partial charge >= 0.3 is 0 Å². The highest BCUT2D eigenvalue weighted by Gasteiger charge is 2.15. The summed E-state index contributed by atoms with van der Waals surface area (Å²) in [5.74, 6) is 0.852. The summed E-state index contributed by atoms with van der Waals surface area (Å²) in [4.78, 5) is 11.4. The molecule has 0 atom stereocenters. The number of nitro benzene ring substituents is 1. The Hall–Kier alpha value is -3.27. The summed E-state index contributed by atoms with van der Waals surface area (Å²) in [6, 6.07) is 7.68. The molecule has 0 aliphatic heterocycles. The van der Waals surface area contributed by atoms with Crippen LogP contribution in [0.15, 0.2) is 39.9 Å². The molecule has 0 radical (unpaired) electrons. The van der Waals surface area contributed by atoms with Crippen molar-refractivity contribution in [1.82, 2.24) is 20.3 Å². The van der Waals surface area contributed by atoms with Crippen LogP contribution >= 0.6 is 11.6 Å². The molecule has 0 aliphatic carbocycles. The summed E-state index contributed by atoms with van der Waals surface area (Å²) in [6.07, 6.45) is 1.36. The number of nitro groups is 1. The van der Waals surface area contributed by atoms with Crippen molar-refractivity contribution in [3.63, 3.8) is 0 Å². The first-order valence-corrected chi connectivity index (χ1v) is 6.55. The molecule has 0 unspecified atom stereocenters. The number of nitrogens with zero attached hydrogens (tertiary/aromatic N) is 6. The SMILES string of the molecule is Nc1nnnn1N=Cc1ccc(-c2ccc(Cl)c([N+](=O)[O-])c2)o1. The number of anilines is 1. The Labute approximate surface area is 133 Å². The quantitative estimate of drug-likeness (QED) is 0.437. The Morgan fingerprint density at radius 3 is 2.91 bits per heavy atom. The van der Waals surface area contributed by atoms with Gasteiger partial charge in [0.25, 0.3) is 11.6 Å². The molecule has 3 rings (SSSR count). The fourth-order valence-electron chi connectivity index (χ4n) is 1.77. The Bertz CT molecular complexity index is 902. The number of halogens is 1. The van der Waals surface area contributed by atoms with Crippen LogP contribution in [0, 0.1) is 10.1 Å². The number of nitrogens with two attached hydrogens (primary N) is 1. The van der Waals surface area contributed by atoms with E-state index in [1.807, 2.05) is 0 Å². The van der Waals surface area contributed by atoms with Crippen LogP contribution in [0.25, 0.3) is 11.3 Å². The Balaban J connectivity index is 1.87. The van der Waals surface area contributed by atoms with Crippen LogP contribution in [0.2, 0.25) is 5.02 Å². The minimum absolute atomic E-state index is 0.0290. The van der Waals surface area contributed by atoms with Crippen LogP contribution in [-0.2, 0) is 0 Å². The molecule has 0 bridgehead atoms. The fraction of sp³-hybridized carbons (Fsp3) is 0. The lowest BCUT2D eigenvalue weighted by atomic mass is 10.1. The summed E-state index contributed by atoms with van der Waals surface area (Å²) in [5, 5.41) is 25.2.